The fraction of sp³-hybridized carbons (Fsp3) is 0.600. The molecule has 1 aromatic rings. The van der Waals surface area contributed by atoms with Gasteiger partial charge in [0, 0.05) is 25.1 Å². The van der Waals surface area contributed by atoms with E-state index in [1.165, 1.54) is 7.11 Å². The van der Waals surface area contributed by atoms with Crippen LogP contribution in [0.3, 0.4) is 0 Å². The van der Waals surface area contributed by atoms with E-state index in [0.29, 0.717) is 60.5 Å². The first-order chi connectivity index (χ1) is 12.8. The van der Waals surface area contributed by atoms with Crippen molar-refractivity contribution in [3.63, 3.8) is 0 Å². The number of benzene rings is 1. The average molecular weight is 398 g/mol. The Labute approximate surface area is 165 Å². The summed E-state index contributed by atoms with van der Waals surface area (Å²) in [6.45, 7) is 5.85. The van der Waals surface area contributed by atoms with Crippen molar-refractivity contribution in [1.29, 1.82) is 0 Å². The number of carbonyl (C=O) groups excluding carboxylic acids is 1. The number of ether oxygens (including phenoxy) is 2. The van der Waals surface area contributed by atoms with Crippen LogP contribution in [0.25, 0.3) is 0 Å². The number of likely N-dealkylation sites (tertiary alicyclic amines) is 1. The molecule has 0 saturated carbocycles. The summed E-state index contributed by atoms with van der Waals surface area (Å²) in [5.41, 5.74) is 0.449. The van der Waals surface area contributed by atoms with Crippen LogP contribution in [0.2, 0.25) is 5.02 Å². The van der Waals surface area contributed by atoms with Crippen molar-refractivity contribution in [3.8, 4) is 11.5 Å². The Hall–Kier alpha value is -1.95. The lowest BCUT2D eigenvalue weighted by Crippen LogP contribution is -2.38. The monoisotopic (exact) mass is 397 g/mol. The third-order valence-electron chi connectivity index (χ3n) is 4.78. The summed E-state index contributed by atoms with van der Waals surface area (Å²) in [5.74, 6) is 0.620. The summed E-state index contributed by atoms with van der Waals surface area (Å²) in [7, 11) is 1.52. The molecule has 2 rings (SSSR count). The number of hydrogen-bond donors (Lipinski definition) is 1. The summed E-state index contributed by atoms with van der Waals surface area (Å²) in [5, 5.41) is 9.25. The molecule has 1 fully saturated rings. The zero-order valence-electron chi connectivity index (χ0n) is 16.2. The molecule has 0 unspecified atom stereocenters. The maximum absolute atomic E-state index is 12.8. The lowest BCUT2D eigenvalue weighted by molar-refractivity contribution is -0.138. The second kappa shape index (κ2) is 9.83. The molecule has 1 amide bonds. The van der Waals surface area contributed by atoms with E-state index in [1.54, 1.807) is 17.0 Å². The van der Waals surface area contributed by atoms with Gasteiger partial charge in [-0.15, -0.1) is 0 Å². The minimum Gasteiger partial charge on any atom is -0.493 e. The number of carboxylic acid groups (broad SMARTS) is 1. The number of rotatable bonds is 8. The van der Waals surface area contributed by atoms with Gasteiger partial charge in [-0.1, -0.05) is 25.4 Å². The van der Waals surface area contributed by atoms with Gasteiger partial charge < -0.3 is 19.5 Å². The van der Waals surface area contributed by atoms with Gasteiger partial charge in [0.2, 0.25) is 0 Å². The Kier molecular flexibility index (Phi) is 7.78. The van der Waals surface area contributed by atoms with Crippen LogP contribution in [0.5, 0.6) is 11.5 Å². The molecule has 1 heterocycles. The molecule has 6 nitrogen and oxygen atoms in total. The lowest BCUT2D eigenvalue weighted by atomic mass is 9.93. The first-order valence-electron chi connectivity index (χ1n) is 9.33. The summed E-state index contributed by atoms with van der Waals surface area (Å²) in [6, 6.07) is 3.27. The first-order valence-corrected chi connectivity index (χ1v) is 9.71. The van der Waals surface area contributed by atoms with Gasteiger partial charge in [0.25, 0.3) is 5.91 Å². The van der Waals surface area contributed by atoms with Gasteiger partial charge in [0.1, 0.15) is 0 Å². The van der Waals surface area contributed by atoms with Crippen molar-refractivity contribution in [2.45, 2.75) is 39.5 Å². The number of aliphatic carboxylic acids is 1. The van der Waals surface area contributed by atoms with Gasteiger partial charge in [-0.3, -0.25) is 9.59 Å². The summed E-state index contributed by atoms with van der Waals surface area (Å²) < 4.78 is 11.1. The Morgan fingerprint density at radius 2 is 1.96 bits per heavy atom. The molecule has 1 aromatic carbocycles. The molecular formula is C20H28ClNO5. The fourth-order valence-corrected chi connectivity index (χ4v) is 3.42. The minimum absolute atomic E-state index is 0.126. The van der Waals surface area contributed by atoms with E-state index in [9.17, 15) is 9.59 Å². The zero-order chi connectivity index (χ0) is 20.0. The van der Waals surface area contributed by atoms with Gasteiger partial charge >= 0.3 is 5.97 Å². The number of hydrogen-bond acceptors (Lipinski definition) is 4. The molecule has 7 heteroatoms. The van der Waals surface area contributed by atoms with E-state index in [-0.39, 0.29) is 18.2 Å². The van der Waals surface area contributed by atoms with Crippen LogP contribution in [0, 0.1) is 11.8 Å². The summed E-state index contributed by atoms with van der Waals surface area (Å²) >= 11 is 6.35. The Balaban J connectivity index is 2.06. The van der Waals surface area contributed by atoms with Gasteiger partial charge in [-0.2, -0.15) is 0 Å². The van der Waals surface area contributed by atoms with Gasteiger partial charge in [-0.25, -0.2) is 0 Å². The SMILES string of the molecule is COc1cc(C(=O)N2CCC(CC(=O)O)CC2)cc(Cl)c1OCCC(C)C. The molecule has 0 atom stereocenters. The highest BCUT2D eigenvalue weighted by Gasteiger charge is 2.26. The van der Waals surface area contributed by atoms with Gasteiger partial charge in [-0.05, 0) is 43.2 Å². The molecule has 0 aromatic heterocycles. The van der Waals surface area contributed by atoms with E-state index in [2.05, 4.69) is 13.8 Å². The molecule has 27 heavy (non-hydrogen) atoms. The Morgan fingerprint density at radius 3 is 2.52 bits per heavy atom. The van der Waals surface area contributed by atoms with E-state index in [0.717, 1.165) is 6.42 Å². The normalized spacial score (nSPS) is 15.1. The summed E-state index contributed by atoms with van der Waals surface area (Å²) in [6.07, 6.45) is 2.44. The second-order valence-electron chi connectivity index (χ2n) is 7.35. The number of amides is 1. The second-order valence-corrected chi connectivity index (χ2v) is 7.76. The molecule has 0 radical (unpaired) electrons. The van der Waals surface area contributed by atoms with Crippen molar-refractivity contribution >= 4 is 23.5 Å². The number of piperidine rings is 1. The van der Waals surface area contributed by atoms with Gasteiger partial charge in [0.05, 0.1) is 18.7 Å². The topological polar surface area (TPSA) is 76.1 Å². The lowest BCUT2D eigenvalue weighted by Gasteiger charge is -2.31. The molecule has 0 bridgehead atoms. The van der Waals surface area contributed by atoms with Gasteiger partial charge in [0.15, 0.2) is 11.5 Å². The van der Waals surface area contributed by atoms with Crippen LogP contribution in [-0.4, -0.2) is 48.7 Å². The van der Waals surface area contributed by atoms with Crippen LogP contribution in [-0.2, 0) is 4.79 Å². The smallest absolute Gasteiger partial charge is 0.303 e. The van der Waals surface area contributed by atoms with Crippen molar-refractivity contribution < 1.29 is 24.2 Å². The first kappa shape index (κ1) is 21.4. The number of carboxylic acids is 1. The molecule has 1 aliphatic heterocycles. The Bertz CT molecular complexity index is 669. The molecule has 1 saturated heterocycles. The number of carbonyl (C=O) groups is 2. The third-order valence-corrected chi connectivity index (χ3v) is 5.06. The molecule has 1 aliphatic rings. The molecule has 150 valence electrons. The minimum atomic E-state index is -0.788. The zero-order valence-corrected chi connectivity index (χ0v) is 16.9. The molecule has 1 N–H and O–H groups in total. The molecule has 0 aliphatic carbocycles. The predicted octanol–water partition coefficient (Wildman–Crippen LogP) is 4.10. The largest absolute Gasteiger partial charge is 0.493 e. The quantitative estimate of drug-likeness (QED) is 0.714. The highest BCUT2D eigenvalue weighted by atomic mass is 35.5. The van der Waals surface area contributed by atoms with E-state index >= 15 is 0 Å². The van der Waals surface area contributed by atoms with E-state index in [1.807, 2.05) is 0 Å². The fourth-order valence-electron chi connectivity index (χ4n) is 3.15. The predicted molar refractivity (Wildman–Crippen MR) is 104 cm³/mol. The average Bonchev–Trinajstić information content (AvgIpc) is 2.62. The Morgan fingerprint density at radius 1 is 1.30 bits per heavy atom. The third kappa shape index (κ3) is 6.03. The van der Waals surface area contributed by atoms with E-state index < -0.39 is 5.97 Å². The number of halogens is 1. The molecular weight excluding hydrogens is 370 g/mol. The van der Waals surface area contributed by atoms with Crippen molar-refractivity contribution in [2.24, 2.45) is 11.8 Å². The maximum Gasteiger partial charge on any atom is 0.303 e. The molecule has 0 spiro atoms. The highest BCUT2D eigenvalue weighted by Crippen LogP contribution is 2.37. The van der Waals surface area contributed by atoms with Crippen LogP contribution >= 0.6 is 11.6 Å². The van der Waals surface area contributed by atoms with Crippen molar-refractivity contribution in [1.82, 2.24) is 4.90 Å². The van der Waals surface area contributed by atoms with Crippen LogP contribution in [0.1, 0.15) is 49.9 Å². The van der Waals surface area contributed by atoms with Crippen molar-refractivity contribution in [2.75, 3.05) is 26.8 Å². The van der Waals surface area contributed by atoms with Crippen LogP contribution < -0.4 is 9.47 Å². The standard InChI is InChI=1S/C20H28ClNO5/c1-13(2)6-9-27-19-16(21)11-15(12-17(19)26-3)20(25)22-7-4-14(5-8-22)10-18(23)24/h11-14H,4-10H2,1-3H3,(H,23,24). The number of nitrogens with zero attached hydrogens (tertiary/aromatic N) is 1. The highest BCUT2D eigenvalue weighted by molar-refractivity contribution is 6.32. The summed E-state index contributed by atoms with van der Waals surface area (Å²) in [4.78, 5) is 25.4. The van der Waals surface area contributed by atoms with E-state index in [4.69, 9.17) is 26.2 Å². The maximum atomic E-state index is 12.8. The van der Waals surface area contributed by atoms with Crippen LogP contribution in [0.4, 0.5) is 0 Å². The number of methoxy groups -OCH3 is 1. The van der Waals surface area contributed by atoms with Crippen LogP contribution in [0.15, 0.2) is 12.1 Å². The van der Waals surface area contributed by atoms with Crippen molar-refractivity contribution in [3.05, 3.63) is 22.7 Å².